The van der Waals surface area contributed by atoms with Crippen molar-refractivity contribution in [1.82, 2.24) is 14.8 Å². The number of carbonyl (C=O) groups excluding carboxylic acids is 1. The smallest absolute Gasteiger partial charge is 0.416 e. The maximum Gasteiger partial charge on any atom is 0.416 e. The van der Waals surface area contributed by atoms with Crippen LogP contribution in [0, 0.1) is 0 Å². The molecule has 0 saturated heterocycles. The summed E-state index contributed by atoms with van der Waals surface area (Å²) in [5.41, 5.74) is -0.285. The monoisotopic (exact) mass is 406 g/mol. The van der Waals surface area contributed by atoms with Gasteiger partial charge in [-0.3, -0.25) is 4.79 Å². The van der Waals surface area contributed by atoms with Crippen molar-refractivity contribution in [3.05, 3.63) is 71.8 Å². The molecule has 0 spiro atoms. The highest BCUT2D eigenvalue weighted by atomic mass is 19.4. The molecular formula is C19H17F3N4O3. The molecule has 7 nitrogen and oxygen atoms in total. The van der Waals surface area contributed by atoms with Crippen molar-refractivity contribution >= 4 is 11.6 Å². The van der Waals surface area contributed by atoms with E-state index in [0.29, 0.717) is 11.3 Å². The number of aliphatic hydroxyl groups excluding tert-OH is 1. The van der Waals surface area contributed by atoms with Gasteiger partial charge >= 0.3 is 6.18 Å². The van der Waals surface area contributed by atoms with E-state index >= 15 is 0 Å². The number of alkyl halides is 3. The van der Waals surface area contributed by atoms with Crippen LogP contribution in [0.1, 0.15) is 27.8 Å². The molecule has 152 valence electrons. The molecule has 0 aliphatic rings. The predicted octanol–water partition coefficient (Wildman–Crippen LogP) is 3.29. The zero-order valence-electron chi connectivity index (χ0n) is 15.2. The molecular weight excluding hydrogens is 389 g/mol. The molecule has 1 amide bonds. The lowest BCUT2D eigenvalue weighted by molar-refractivity contribution is -0.137. The number of benzene rings is 2. The second kappa shape index (κ2) is 8.31. The Morgan fingerprint density at radius 1 is 1.24 bits per heavy atom. The van der Waals surface area contributed by atoms with Gasteiger partial charge in [-0.05, 0) is 35.9 Å². The van der Waals surface area contributed by atoms with Crippen molar-refractivity contribution in [2.24, 2.45) is 0 Å². The summed E-state index contributed by atoms with van der Waals surface area (Å²) in [6.45, 7) is 0.0379. The van der Waals surface area contributed by atoms with E-state index in [0.717, 1.165) is 12.1 Å². The van der Waals surface area contributed by atoms with Crippen molar-refractivity contribution in [3.63, 3.8) is 0 Å². The van der Waals surface area contributed by atoms with Gasteiger partial charge in [-0.1, -0.05) is 18.2 Å². The fourth-order valence-corrected chi connectivity index (χ4v) is 2.56. The fourth-order valence-electron chi connectivity index (χ4n) is 2.56. The van der Waals surface area contributed by atoms with Crippen LogP contribution in [0.2, 0.25) is 0 Å². The number of ether oxygens (including phenoxy) is 1. The molecule has 2 N–H and O–H groups in total. The average molecular weight is 406 g/mol. The lowest BCUT2D eigenvalue weighted by Gasteiger charge is -2.11. The summed E-state index contributed by atoms with van der Waals surface area (Å²) < 4.78 is 44.6. The number of carbonyl (C=O) groups is 1. The second-order valence-corrected chi connectivity index (χ2v) is 6.11. The Kier molecular flexibility index (Phi) is 5.83. The molecule has 0 saturated carbocycles. The van der Waals surface area contributed by atoms with Gasteiger partial charge in [0.25, 0.3) is 5.91 Å². The van der Waals surface area contributed by atoms with E-state index in [4.69, 9.17) is 4.74 Å². The molecule has 0 fully saturated rings. The molecule has 3 rings (SSSR count). The first kappa shape index (κ1) is 20.3. The van der Waals surface area contributed by atoms with Gasteiger partial charge in [0.1, 0.15) is 12.1 Å². The number of anilines is 1. The predicted molar refractivity (Wildman–Crippen MR) is 97.4 cm³/mol. The lowest BCUT2D eigenvalue weighted by atomic mass is 10.1. The van der Waals surface area contributed by atoms with Crippen LogP contribution in [0.4, 0.5) is 18.9 Å². The second-order valence-electron chi connectivity index (χ2n) is 6.11. The molecule has 1 aromatic heterocycles. The van der Waals surface area contributed by atoms with Gasteiger partial charge in [-0.15, -0.1) is 5.10 Å². The van der Waals surface area contributed by atoms with E-state index in [9.17, 15) is 23.1 Å². The molecule has 3 aromatic rings. The van der Waals surface area contributed by atoms with Gasteiger partial charge in [0.2, 0.25) is 5.82 Å². The molecule has 29 heavy (non-hydrogen) atoms. The average Bonchev–Trinajstić information content (AvgIpc) is 3.16. The first-order valence-corrected chi connectivity index (χ1v) is 8.46. The van der Waals surface area contributed by atoms with Crippen molar-refractivity contribution in [2.45, 2.75) is 18.8 Å². The summed E-state index contributed by atoms with van der Waals surface area (Å²) in [5, 5.41) is 16.6. The van der Waals surface area contributed by atoms with Gasteiger partial charge in [0.15, 0.2) is 0 Å². The largest absolute Gasteiger partial charge is 0.497 e. The number of aliphatic hydroxyl groups is 1. The summed E-state index contributed by atoms with van der Waals surface area (Å²) in [7, 11) is 1.53. The molecule has 1 heterocycles. The normalized spacial score (nSPS) is 12.4. The van der Waals surface area contributed by atoms with Crippen LogP contribution >= 0.6 is 0 Å². The van der Waals surface area contributed by atoms with Gasteiger partial charge < -0.3 is 15.2 Å². The number of aromatic nitrogens is 3. The molecule has 10 heteroatoms. The number of methoxy groups -OCH3 is 1. The topological polar surface area (TPSA) is 89.3 Å². The highest BCUT2D eigenvalue weighted by Gasteiger charge is 2.30. The fraction of sp³-hybridized carbons (Fsp3) is 0.211. The van der Waals surface area contributed by atoms with Crippen LogP contribution in [0.15, 0.2) is 54.9 Å². The van der Waals surface area contributed by atoms with Crippen molar-refractivity contribution in [2.75, 3.05) is 12.4 Å². The minimum absolute atomic E-state index is 0.0283. The van der Waals surface area contributed by atoms with E-state index in [-0.39, 0.29) is 18.1 Å². The summed E-state index contributed by atoms with van der Waals surface area (Å²) >= 11 is 0. The number of nitrogens with zero attached hydrogens (tertiary/aromatic N) is 3. The summed E-state index contributed by atoms with van der Waals surface area (Å²) in [6, 6.07) is 11.0. The molecule has 0 aliphatic carbocycles. The maximum atomic E-state index is 12.8. The zero-order valence-corrected chi connectivity index (χ0v) is 15.2. The molecule has 0 bridgehead atoms. The molecule has 0 radical (unpaired) electrons. The zero-order chi connectivity index (χ0) is 21.0. The van der Waals surface area contributed by atoms with Gasteiger partial charge in [0, 0.05) is 5.69 Å². The van der Waals surface area contributed by atoms with Crippen LogP contribution < -0.4 is 10.1 Å². The summed E-state index contributed by atoms with van der Waals surface area (Å²) in [5.74, 6) is -0.346. The van der Waals surface area contributed by atoms with E-state index in [1.165, 1.54) is 30.3 Å². The summed E-state index contributed by atoms with van der Waals surface area (Å²) in [6.07, 6.45) is -4.16. The number of nitrogens with one attached hydrogen (secondary N) is 1. The third kappa shape index (κ3) is 5.11. The number of amides is 1. The Balaban J connectivity index is 1.65. The third-order valence-corrected chi connectivity index (χ3v) is 4.05. The van der Waals surface area contributed by atoms with Crippen LogP contribution in [-0.2, 0) is 12.7 Å². The standard InChI is InChI=1S/C19H17F3N4O3/c1-29-15-7-5-12(6-8-15)16(27)10-26-11-23-17(25-26)18(28)24-14-4-2-3-13(9-14)19(20,21)22/h2-9,11,16,27H,10H2,1H3,(H,24,28)/t16-/m1/s1. The van der Waals surface area contributed by atoms with E-state index in [1.807, 2.05) is 0 Å². The Hall–Kier alpha value is -3.40. The van der Waals surface area contributed by atoms with Crippen LogP contribution in [0.3, 0.4) is 0 Å². The van der Waals surface area contributed by atoms with E-state index in [2.05, 4.69) is 15.4 Å². The van der Waals surface area contributed by atoms with Gasteiger partial charge in [0.05, 0.1) is 25.3 Å². The van der Waals surface area contributed by atoms with Crippen LogP contribution in [-0.4, -0.2) is 32.9 Å². The Morgan fingerprint density at radius 2 is 1.97 bits per heavy atom. The Bertz CT molecular complexity index is 987. The number of hydrogen-bond acceptors (Lipinski definition) is 5. The SMILES string of the molecule is COc1ccc([C@H](O)Cn2cnc(C(=O)Nc3cccc(C(F)(F)F)c3)n2)cc1. The van der Waals surface area contributed by atoms with E-state index < -0.39 is 23.8 Å². The van der Waals surface area contributed by atoms with Gasteiger partial charge in [-0.25, -0.2) is 9.67 Å². The first-order chi connectivity index (χ1) is 13.8. The van der Waals surface area contributed by atoms with Gasteiger partial charge in [-0.2, -0.15) is 13.2 Å². The number of rotatable bonds is 6. The molecule has 0 aliphatic heterocycles. The summed E-state index contributed by atoms with van der Waals surface area (Å²) in [4.78, 5) is 16.1. The highest BCUT2D eigenvalue weighted by molar-refractivity contribution is 6.01. The molecule has 1 atom stereocenters. The number of halogens is 3. The Labute approximate surface area is 163 Å². The first-order valence-electron chi connectivity index (χ1n) is 8.46. The molecule has 2 aromatic carbocycles. The highest BCUT2D eigenvalue weighted by Crippen LogP contribution is 2.30. The maximum absolute atomic E-state index is 12.8. The van der Waals surface area contributed by atoms with Crippen LogP contribution in [0.25, 0.3) is 0 Å². The number of hydrogen-bond donors (Lipinski definition) is 2. The third-order valence-electron chi connectivity index (χ3n) is 4.05. The lowest BCUT2D eigenvalue weighted by Crippen LogP contribution is -2.16. The molecule has 0 unspecified atom stereocenters. The Morgan fingerprint density at radius 3 is 2.62 bits per heavy atom. The van der Waals surface area contributed by atoms with Crippen molar-refractivity contribution in [3.8, 4) is 5.75 Å². The van der Waals surface area contributed by atoms with Crippen LogP contribution in [0.5, 0.6) is 5.75 Å². The van der Waals surface area contributed by atoms with Crippen molar-refractivity contribution in [1.29, 1.82) is 0 Å². The minimum atomic E-state index is -4.52. The quantitative estimate of drug-likeness (QED) is 0.656. The van der Waals surface area contributed by atoms with Crippen molar-refractivity contribution < 1.29 is 27.8 Å². The van der Waals surface area contributed by atoms with E-state index in [1.54, 1.807) is 24.3 Å². The minimum Gasteiger partial charge on any atom is -0.497 e.